The molecular formula is C20H19N3O3S. The average Bonchev–Trinajstić information content (AvgIpc) is 3.26. The van der Waals surface area contributed by atoms with Gasteiger partial charge in [-0.15, -0.1) is 0 Å². The first-order chi connectivity index (χ1) is 13.0. The smallest absolute Gasteiger partial charge is 0.257 e. The highest BCUT2D eigenvalue weighted by atomic mass is 32.1. The van der Waals surface area contributed by atoms with Crippen LogP contribution in [0.25, 0.3) is 10.2 Å². The SMILES string of the molecule is COc1ccc2nc(NC(=O)c3cccc(NC(=O)C4CC4C)c3)sc2c1. The monoisotopic (exact) mass is 381 g/mol. The van der Waals surface area contributed by atoms with Crippen LogP contribution in [0.2, 0.25) is 0 Å². The van der Waals surface area contributed by atoms with E-state index in [4.69, 9.17) is 4.74 Å². The van der Waals surface area contributed by atoms with Crippen LogP contribution >= 0.6 is 11.3 Å². The number of rotatable bonds is 5. The number of benzene rings is 2. The van der Waals surface area contributed by atoms with Gasteiger partial charge in [0.15, 0.2) is 5.13 Å². The van der Waals surface area contributed by atoms with E-state index in [0.29, 0.717) is 22.3 Å². The molecular weight excluding hydrogens is 362 g/mol. The summed E-state index contributed by atoms with van der Waals surface area (Å²) in [6.07, 6.45) is 0.925. The van der Waals surface area contributed by atoms with Gasteiger partial charge in [0.2, 0.25) is 5.91 Å². The van der Waals surface area contributed by atoms with Crippen molar-refractivity contribution >= 4 is 44.2 Å². The number of carbonyl (C=O) groups excluding carboxylic acids is 2. The fourth-order valence-electron chi connectivity index (χ4n) is 2.92. The molecule has 2 aromatic carbocycles. The number of hydrogen-bond acceptors (Lipinski definition) is 5. The molecule has 1 fully saturated rings. The average molecular weight is 381 g/mol. The van der Waals surface area contributed by atoms with E-state index < -0.39 is 0 Å². The van der Waals surface area contributed by atoms with Crippen LogP contribution in [-0.4, -0.2) is 23.9 Å². The Morgan fingerprint density at radius 1 is 1.19 bits per heavy atom. The Labute approximate surface area is 160 Å². The Morgan fingerprint density at radius 2 is 2.00 bits per heavy atom. The summed E-state index contributed by atoms with van der Waals surface area (Å²) in [5, 5.41) is 6.22. The molecule has 27 heavy (non-hydrogen) atoms. The summed E-state index contributed by atoms with van der Waals surface area (Å²) >= 11 is 1.38. The zero-order valence-electron chi connectivity index (χ0n) is 15.0. The third-order valence-corrected chi connectivity index (χ3v) is 5.59. The zero-order valence-corrected chi connectivity index (χ0v) is 15.8. The first-order valence-electron chi connectivity index (χ1n) is 8.70. The van der Waals surface area contributed by atoms with Crippen LogP contribution in [-0.2, 0) is 4.79 Å². The van der Waals surface area contributed by atoms with E-state index in [1.54, 1.807) is 31.4 Å². The first kappa shape index (κ1) is 17.5. The number of ether oxygens (including phenoxy) is 1. The molecule has 2 N–H and O–H groups in total. The molecule has 1 aliphatic rings. The number of amides is 2. The molecule has 3 aromatic rings. The van der Waals surface area contributed by atoms with Crippen molar-refractivity contribution in [2.45, 2.75) is 13.3 Å². The highest BCUT2D eigenvalue weighted by Crippen LogP contribution is 2.38. The molecule has 0 aliphatic heterocycles. The maximum atomic E-state index is 12.6. The minimum atomic E-state index is -0.267. The molecule has 1 aromatic heterocycles. The molecule has 138 valence electrons. The second-order valence-corrected chi connectivity index (χ2v) is 7.73. The van der Waals surface area contributed by atoms with Crippen molar-refractivity contribution < 1.29 is 14.3 Å². The van der Waals surface area contributed by atoms with Crippen molar-refractivity contribution in [3.05, 3.63) is 48.0 Å². The van der Waals surface area contributed by atoms with Crippen molar-refractivity contribution in [2.24, 2.45) is 11.8 Å². The molecule has 1 saturated carbocycles. The van der Waals surface area contributed by atoms with Gasteiger partial charge in [-0.05, 0) is 48.7 Å². The molecule has 2 atom stereocenters. The van der Waals surface area contributed by atoms with E-state index in [-0.39, 0.29) is 17.7 Å². The second kappa shape index (κ2) is 7.00. The summed E-state index contributed by atoms with van der Waals surface area (Å²) in [6, 6.07) is 12.5. The molecule has 0 spiro atoms. The van der Waals surface area contributed by atoms with Crippen molar-refractivity contribution in [3.63, 3.8) is 0 Å². The van der Waals surface area contributed by atoms with Crippen molar-refractivity contribution in [1.82, 2.24) is 4.98 Å². The highest BCUT2D eigenvalue weighted by Gasteiger charge is 2.39. The van der Waals surface area contributed by atoms with Crippen LogP contribution < -0.4 is 15.4 Å². The van der Waals surface area contributed by atoms with Crippen molar-refractivity contribution in [2.75, 3.05) is 17.7 Å². The summed E-state index contributed by atoms with van der Waals surface area (Å²) in [5.41, 5.74) is 1.89. The lowest BCUT2D eigenvalue weighted by Crippen LogP contribution is -2.16. The summed E-state index contributed by atoms with van der Waals surface area (Å²) < 4.78 is 6.15. The standard InChI is InChI=1S/C20H19N3O3S/c1-11-8-15(11)19(25)21-13-5-3-4-12(9-13)18(24)23-20-22-16-7-6-14(26-2)10-17(16)27-20/h3-7,9-11,15H,8H2,1-2H3,(H,21,25)(H,22,23,24). The number of methoxy groups -OCH3 is 1. The van der Waals surface area contributed by atoms with Gasteiger partial charge in [-0.3, -0.25) is 14.9 Å². The Kier molecular flexibility index (Phi) is 4.53. The van der Waals surface area contributed by atoms with Crippen molar-refractivity contribution in [3.8, 4) is 5.75 Å². The fourth-order valence-corrected chi connectivity index (χ4v) is 3.80. The highest BCUT2D eigenvalue weighted by molar-refractivity contribution is 7.22. The van der Waals surface area contributed by atoms with E-state index in [9.17, 15) is 9.59 Å². The lowest BCUT2D eigenvalue weighted by Gasteiger charge is -2.07. The first-order valence-corrected chi connectivity index (χ1v) is 9.52. The number of anilines is 2. The molecule has 2 unspecified atom stereocenters. The molecule has 1 aliphatic carbocycles. The van der Waals surface area contributed by atoms with Crippen LogP contribution in [0.1, 0.15) is 23.7 Å². The third kappa shape index (κ3) is 3.78. The number of nitrogens with zero attached hydrogens (tertiary/aromatic N) is 1. The third-order valence-electron chi connectivity index (χ3n) is 4.65. The van der Waals surface area contributed by atoms with Crippen LogP contribution in [0.5, 0.6) is 5.75 Å². The number of nitrogens with one attached hydrogen (secondary N) is 2. The van der Waals surface area contributed by atoms with Gasteiger partial charge in [-0.1, -0.05) is 24.3 Å². The number of carbonyl (C=O) groups is 2. The van der Waals surface area contributed by atoms with Gasteiger partial charge < -0.3 is 10.1 Å². The normalized spacial score (nSPS) is 18.1. The van der Waals surface area contributed by atoms with Gasteiger partial charge in [-0.25, -0.2) is 4.98 Å². The number of aromatic nitrogens is 1. The van der Waals surface area contributed by atoms with Crippen LogP contribution in [0.4, 0.5) is 10.8 Å². The van der Waals surface area contributed by atoms with Crippen LogP contribution in [0.15, 0.2) is 42.5 Å². The maximum Gasteiger partial charge on any atom is 0.257 e. The van der Waals surface area contributed by atoms with E-state index >= 15 is 0 Å². The Balaban J connectivity index is 1.48. The summed E-state index contributed by atoms with van der Waals surface area (Å²) in [5.74, 6) is 1.02. The predicted octanol–water partition coefficient (Wildman–Crippen LogP) is 4.15. The minimum Gasteiger partial charge on any atom is -0.497 e. The Morgan fingerprint density at radius 3 is 2.74 bits per heavy atom. The lowest BCUT2D eigenvalue weighted by molar-refractivity contribution is -0.117. The lowest BCUT2D eigenvalue weighted by atomic mass is 10.2. The summed E-state index contributed by atoms with van der Waals surface area (Å²) in [6.45, 7) is 2.06. The van der Waals surface area contributed by atoms with Crippen LogP contribution in [0.3, 0.4) is 0 Å². The number of fused-ring (bicyclic) bond motifs is 1. The fraction of sp³-hybridized carbons (Fsp3) is 0.250. The molecule has 6 nitrogen and oxygen atoms in total. The molecule has 7 heteroatoms. The maximum absolute atomic E-state index is 12.6. The van der Waals surface area contributed by atoms with Crippen LogP contribution in [0, 0.1) is 11.8 Å². The molecule has 0 saturated heterocycles. The van der Waals surface area contributed by atoms with Crippen molar-refractivity contribution in [1.29, 1.82) is 0 Å². The molecule has 2 amide bonds. The quantitative estimate of drug-likeness (QED) is 0.696. The second-order valence-electron chi connectivity index (χ2n) is 6.70. The topological polar surface area (TPSA) is 80.3 Å². The van der Waals surface area contributed by atoms with Gasteiger partial charge in [0.1, 0.15) is 5.75 Å². The molecule has 4 rings (SSSR count). The summed E-state index contributed by atoms with van der Waals surface area (Å²) in [7, 11) is 1.61. The molecule has 0 bridgehead atoms. The predicted molar refractivity (Wildman–Crippen MR) is 106 cm³/mol. The van der Waals surface area contributed by atoms with E-state index in [0.717, 1.165) is 22.4 Å². The Hall–Kier alpha value is -2.93. The Bertz CT molecular complexity index is 1030. The van der Waals surface area contributed by atoms with Gasteiger partial charge in [-0.2, -0.15) is 0 Å². The molecule has 1 heterocycles. The van der Waals surface area contributed by atoms with E-state index in [1.807, 2.05) is 18.2 Å². The zero-order chi connectivity index (χ0) is 19.0. The van der Waals surface area contributed by atoms with Gasteiger partial charge in [0.05, 0.1) is 17.3 Å². The minimum absolute atomic E-state index is 0.0141. The number of thiazole rings is 1. The van der Waals surface area contributed by atoms with Gasteiger partial charge >= 0.3 is 0 Å². The molecule has 0 radical (unpaired) electrons. The largest absolute Gasteiger partial charge is 0.497 e. The van der Waals surface area contributed by atoms with E-state index in [2.05, 4.69) is 22.5 Å². The van der Waals surface area contributed by atoms with E-state index in [1.165, 1.54) is 11.3 Å². The van der Waals surface area contributed by atoms with Gasteiger partial charge in [0, 0.05) is 17.2 Å². The summed E-state index contributed by atoms with van der Waals surface area (Å²) in [4.78, 5) is 29.1. The van der Waals surface area contributed by atoms with Gasteiger partial charge in [0.25, 0.3) is 5.91 Å². The number of hydrogen-bond donors (Lipinski definition) is 2.